The van der Waals surface area contributed by atoms with Gasteiger partial charge in [0, 0.05) is 11.6 Å². The summed E-state index contributed by atoms with van der Waals surface area (Å²) in [6, 6.07) is 5.33. The van der Waals surface area contributed by atoms with Crippen molar-refractivity contribution in [3.8, 4) is 0 Å². The number of hydrogen-bond donors (Lipinski definition) is 2. The molecule has 2 rings (SSSR count). The lowest BCUT2D eigenvalue weighted by Crippen LogP contribution is -2.42. The molecule has 4 nitrogen and oxygen atoms in total. The normalized spacial score (nSPS) is 18.8. The molecule has 1 aliphatic heterocycles. The van der Waals surface area contributed by atoms with E-state index in [9.17, 15) is 9.59 Å². The second-order valence-corrected chi connectivity index (χ2v) is 4.13. The van der Waals surface area contributed by atoms with E-state index in [2.05, 4.69) is 5.32 Å². The second-order valence-electron chi connectivity index (χ2n) is 4.13. The van der Waals surface area contributed by atoms with Crippen molar-refractivity contribution in [1.29, 1.82) is 0 Å². The predicted octanol–water partition coefficient (Wildman–Crippen LogP) is 1.12. The predicted molar refractivity (Wildman–Crippen MR) is 58.4 cm³/mol. The summed E-state index contributed by atoms with van der Waals surface area (Å²) < 4.78 is 0. The molecule has 1 heterocycles. The minimum absolute atomic E-state index is 0.0286. The Hall–Kier alpha value is -1.84. The van der Waals surface area contributed by atoms with Crippen LogP contribution in [0.25, 0.3) is 0 Å². The summed E-state index contributed by atoms with van der Waals surface area (Å²) in [6.07, 6.45) is 0.564. The van der Waals surface area contributed by atoms with Crippen LogP contribution in [0.3, 0.4) is 0 Å². The molecule has 16 heavy (non-hydrogen) atoms. The number of amides is 1. The molecule has 1 aromatic carbocycles. The topological polar surface area (TPSA) is 66.4 Å². The smallest absolute Gasteiger partial charge is 0.305 e. The van der Waals surface area contributed by atoms with Crippen LogP contribution >= 0.6 is 0 Å². The maximum Gasteiger partial charge on any atom is 0.305 e. The van der Waals surface area contributed by atoms with Gasteiger partial charge in [-0.05, 0) is 25.0 Å². The fraction of sp³-hybridized carbons (Fsp3) is 0.333. The van der Waals surface area contributed by atoms with Crippen molar-refractivity contribution >= 4 is 11.9 Å². The molecule has 1 aromatic rings. The van der Waals surface area contributed by atoms with E-state index in [-0.39, 0.29) is 18.4 Å². The number of nitrogens with one attached hydrogen (secondary N) is 1. The first-order valence-corrected chi connectivity index (χ1v) is 5.18. The maximum absolute atomic E-state index is 11.7. The zero-order valence-corrected chi connectivity index (χ0v) is 8.99. The van der Waals surface area contributed by atoms with Crippen LogP contribution in [0.5, 0.6) is 0 Å². The molecule has 2 N–H and O–H groups in total. The number of aryl methyl sites for hydroxylation is 1. The molecule has 84 valence electrons. The Morgan fingerprint density at radius 1 is 1.56 bits per heavy atom. The van der Waals surface area contributed by atoms with Crippen LogP contribution in [0.2, 0.25) is 0 Å². The number of carbonyl (C=O) groups excluding carboxylic acids is 1. The zero-order valence-electron chi connectivity index (χ0n) is 8.99. The summed E-state index contributed by atoms with van der Waals surface area (Å²) in [4.78, 5) is 22.3. The van der Waals surface area contributed by atoms with E-state index < -0.39 is 5.97 Å². The van der Waals surface area contributed by atoms with Crippen molar-refractivity contribution < 1.29 is 14.7 Å². The quantitative estimate of drug-likeness (QED) is 0.783. The number of rotatable bonds is 2. The number of fused-ring (bicyclic) bond motifs is 1. The fourth-order valence-corrected chi connectivity index (χ4v) is 2.03. The zero-order chi connectivity index (χ0) is 11.7. The third kappa shape index (κ3) is 2.05. The lowest BCUT2D eigenvalue weighted by atomic mass is 9.92. The highest BCUT2D eigenvalue weighted by Gasteiger charge is 2.25. The number of aliphatic carboxylic acids is 1. The molecule has 0 saturated carbocycles. The van der Waals surface area contributed by atoms with E-state index in [0.29, 0.717) is 12.0 Å². The molecule has 0 spiro atoms. The van der Waals surface area contributed by atoms with Crippen molar-refractivity contribution in [2.45, 2.75) is 25.8 Å². The average molecular weight is 219 g/mol. The van der Waals surface area contributed by atoms with E-state index in [4.69, 9.17) is 5.11 Å². The fourth-order valence-electron chi connectivity index (χ4n) is 2.03. The van der Waals surface area contributed by atoms with Gasteiger partial charge in [-0.25, -0.2) is 0 Å². The summed E-state index contributed by atoms with van der Waals surface area (Å²) in [5, 5.41) is 11.4. The van der Waals surface area contributed by atoms with Crippen LogP contribution in [0.15, 0.2) is 18.2 Å². The number of hydrogen-bond acceptors (Lipinski definition) is 2. The molecule has 0 bridgehead atoms. The lowest BCUT2D eigenvalue weighted by molar-refractivity contribution is -0.137. The summed E-state index contributed by atoms with van der Waals surface area (Å²) in [6.45, 7) is 1.96. The van der Waals surface area contributed by atoms with E-state index >= 15 is 0 Å². The Kier molecular flexibility index (Phi) is 2.64. The third-order valence-corrected chi connectivity index (χ3v) is 2.73. The van der Waals surface area contributed by atoms with Gasteiger partial charge in [-0.1, -0.05) is 17.7 Å². The van der Waals surface area contributed by atoms with Gasteiger partial charge in [0.15, 0.2) is 0 Å². The molecular formula is C12H13NO3. The van der Waals surface area contributed by atoms with E-state index in [1.807, 2.05) is 19.1 Å². The first-order chi connectivity index (χ1) is 7.56. The molecule has 1 unspecified atom stereocenters. The van der Waals surface area contributed by atoms with Gasteiger partial charge in [0.1, 0.15) is 0 Å². The largest absolute Gasteiger partial charge is 0.481 e. The van der Waals surface area contributed by atoms with Crippen molar-refractivity contribution in [2.24, 2.45) is 0 Å². The Balaban J connectivity index is 2.27. The number of benzene rings is 1. The van der Waals surface area contributed by atoms with Gasteiger partial charge in [0.05, 0.1) is 6.42 Å². The first kappa shape index (κ1) is 10.7. The monoisotopic (exact) mass is 219 g/mol. The van der Waals surface area contributed by atoms with Gasteiger partial charge in [-0.3, -0.25) is 9.59 Å². The van der Waals surface area contributed by atoms with Gasteiger partial charge < -0.3 is 10.4 Å². The van der Waals surface area contributed by atoms with Crippen LogP contribution in [-0.2, 0) is 11.2 Å². The van der Waals surface area contributed by atoms with Crippen molar-refractivity contribution in [2.75, 3.05) is 0 Å². The molecule has 1 amide bonds. The summed E-state index contributed by atoms with van der Waals surface area (Å²) in [5.74, 6) is -1.06. The van der Waals surface area contributed by atoms with Gasteiger partial charge in [0.25, 0.3) is 5.91 Å². The summed E-state index contributed by atoms with van der Waals surface area (Å²) in [7, 11) is 0. The molecule has 1 aliphatic rings. The van der Waals surface area contributed by atoms with Crippen LogP contribution in [0.4, 0.5) is 0 Å². The van der Waals surface area contributed by atoms with Crippen molar-refractivity contribution in [1.82, 2.24) is 5.32 Å². The van der Waals surface area contributed by atoms with Crippen molar-refractivity contribution in [3.05, 3.63) is 34.9 Å². The lowest BCUT2D eigenvalue weighted by Gasteiger charge is -2.24. The number of carboxylic acids is 1. The summed E-state index contributed by atoms with van der Waals surface area (Å²) in [5.41, 5.74) is 2.68. The molecule has 0 fully saturated rings. The van der Waals surface area contributed by atoms with Crippen LogP contribution in [0.1, 0.15) is 27.9 Å². The Bertz CT molecular complexity index is 454. The Morgan fingerprint density at radius 2 is 2.31 bits per heavy atom. The molecule has 4 heteroatoms. The van der Waals surface area contributed by atoms with Crippen molar-refractivity contribution in [3.63, 3.8) is 0 Å². The maximum atomic E-state index is 11.7. The van der Waals surface area contributed by atoms with Gasteiger partial charge in [-0.15, -0.1) is 0 Å². The number of carbonyl (C=O) groups is 2. The Morgan fingerprint density at radius 3 is 3.00 bits per heavy atom. The number of carboxylic acid groups (broad SMARTS) is 1. The van der Waals surface area contributed by atoms with E-state index in [1.54, 1.807) is 6.07 Å². The first-order valence-electron chi connectivity index (χ1n) is 5.18. The standard InChI is InChI=1S/C12H13NO3/c1-7-2-3-10-8(4-7)5-9(6-11(14)15)13-12(10)16/h2-4,9H,5-6H2,1H3,(H,13,16)(H,14,15). The van der Waals surface area contributed by atoms with Gasteiger partial charge in [-0.2, -0.15) is 0 Å². The average Bonchev–Trinajstić information content (AvgIpc) is 2.15. The molecule has 1 atom stereocenters. The molecule has 0 radical (unpaired) electrons. The van der Waals surface area contributed by atoms with E-state index in [1.165, 1.54) is 0 Å². The minimum atomic E-state index is -0.888. The third-order valence-electron chi connectivity index (χ3n) is 2.73. The highest BCUT2D eigenvalue weighted by atomic mass is 16.4. The molecule has 0 aromatic heterocycles. The minimum Gasteiger partial charge on any atom is -0.481 e. The molecular weight excluding hydrogens is 206 g/mol. The highest BCUT2D eigenvalue weighted by Crippen LogP contribution is 2.19. The molecule has 0 saturated heterocycles. The Labute approximate surface area is 93.3 Å². The van der Waals surface area contributed by atoms with Crippen LogP contribution in [0, 0.1) is 6.92 Å². The van der Waals surface area contributed by atoms with Gasteiger partial charge >= 0.3 is 5.97 Å². The van der Waals surface area contributed by atoms with Crippen LogP contribution < -0.4 is 5.32 Å². The molecule has 0 aliphatic carbocycles. The summed E-state index contributed by atoms with van der Waals surface area (Å²) >= 11 is 0. The SMILES string of the molecule is Cc1ccc2c(c1)CC(CC(=O)O)NC2=O. The second kappa shape index (κ2) is 3.96. The van der Waals surface area contributed by atoms with Gasteiger partial charge in [0.2, 0.25) is 0 Å². The van der Waals surface area contributed by atoms with Crippen LogP contribution in [-0.4, -0.2) is 23.0 Å². The highest BCUT2D eigenvalue weighted by molar-refractivity contribution is 5.97. The van der Waals surface area contributed by atoms with E-state index in [0.717, 1.165) is 11.1 Å².